The van der Waals surface area contributed by atoms with E-state index in [0.29, 0.717) is 12.2 Å². The van der Waals surface area contributed by atoms with Crippen molar-refractivity contribution in [3.8, 4) is 0 Å². The fourth-order valence-electron chi connectivity index (χ4n) is 2.06. The van der Waals surface area contributed by atoms with Crippen LogP contribution in [0.15, 0.2) is 18.2 Å². The normalized spacial score (nSPS) is 10.6. The number of benzene rings is 1. The van der Waals surface area contributed by atoms with Crippen molar-refractivity contribution in [1.29, 1.82) is 0 Å². The topological polar surface area (TPSA) is 99.0 Å². The molecule has 0 spiro atoms. The number of hydrogen-bond donors (Lipinski definition) is 2. The third-order valence-electron chi connectivity index (χ3n) is 3.49. The lowest BCUT2D eigenvalue weighted by atomic mass is 10.1. The lowest BCUT2D eigenvalue weighted by molar-refractivity contribution is -0.384. The minimum absolute atomic E-state index is 0.0387. The number of nitro benzene ring substituents is 1. The summed E-state index contributed by atoms with van der Waals surface area (Å²) in [6, 6.07) is 4.92. The smallest absolute Gasteiger partial charge is 0.293 e. The fraction of sp³-hybridized carbons (Fsp3) is 0.308. The lowest BCUT2D eigenvalue weighted by Gasteiger charge is -2.07. The van der Waals surface area contributed by atoms with Gasteiger partial charge in [-0.1, -0.05) is 6.07 Å². The van der Waals surface area contributed by atoms with Gasteiger partial charge in [-0.25, -0.2) is 0 Å². The molecule has 0 atom stereocenters. The molecule has 0 aliphatic carbocycles. The summed E-state index contributed by atoms with van der Waals surface area (Å²) in [6.45, 7) is 6.44. The van der Waals surface area contributed by atoms with Gasteiger partial charge >= 0.3 is 0 Å². The number of nitrogen functional groups attached to an aromatic ring is 1. The van der Waals surface area contributed by atoms with E-state index in [4.69, 9.17) is 5.84 Å². The molecule has 0 aliphatic heterocycles. The Morgan fingerprint density at radius 3 is 2.60 bits per heavy atom. The second-order valence-electron chi connectivity index (χ2n) is 4.71. The SMILES string of the molecule is Cc1nn(Cc2ccc(NN)c([N+](=O)[O-])c2)c(C)c1C. The zero-order valence-corrected chi connectivity index (χ0v) is 11.7. The van der Waals surface area contributed by atoms with Crippen molar-refractivity contribution in [1.82, 2.24) is 9.78 Å². The molecule has 0 radical (unpaired) electrons. The number of rotatable bonds is 4. The number of nitrogens with two attached hydrogens (primary N) is 1. The Bertz CT molecular complexity index is 663. The molecule has 0 aliphatic rings. The van der Waals surface area contributed by atoms with Crippen LogP contribution in [0.3, 0.4) is 0 Å². The largest absolute Gasteiger partial charge is 0.318 e. The molecular formula is C13H17N5O2. The van der Waals surface area contributed by atoms with E-state index in [1.54, 1.807) is 12.1 Å². The monoisotopic (exact) mass is 275 g/mol. The Balaban J connectivity index is 2.36. The van der Waals surface area contributed by atoms with Gasteiger partial charge in [0.1, 0.15) is 5.69 Å². The van der Waals surface area contributed by atoms with Gasteiger partial charge in [-0.2, -0.15) is 5.10 Å². The van der Waals surface area contributed by atoms with E-state index in [-0.39, 0.29) is 5.69 Å². The van der Waals surface area contributed by atoms with Crippen molar-refractivity contribution in [3.63, 3.8) is 0 Å². The maximum absolute atomic E-state index is 11.0. The number of aromatic nitrogens is 2. The molecule has 0 amide bonds. The Morgan fingerprint density at radius 2 is 2.10 bits per heavy atom. The van der Waals surface area contributed by atoms with Gasteiger partial charge in [0.15, 0.2) is 0 Å². The number of nitrogens with one attached hydrogen (secondary N) is 1. The zero-order chi connectivity index (χ0) is 14.9. The summed E-state index contributed by atoms with van der Waals surface area (Å²) in [5.74, 6) is 5.27. The fourth-order valence-corrected chi connectivity index (χ4v) is 2.06. The maximum Gasteiger partial charge on any atom is 0.293 e. The highest BCUT2D eigenvalue weighted by Crippen LogP contribution is 2.25. The minimum Gasteiger partial charge on any atom is -0.318 e. The highest BCUT2D eigenvalue weighted by molar-refractivity contribution is 5.61. The number of hydrazine groups is 1. The molecule has 0 bridgehead atoms. The van der Waals surface area contributed by atoms with Crippen LogP contribution >= 0.6 is 0 Å². The van der Waals surface area contributed by atoms with Crippen LogP contribution in [0.5, 0.6) is 0 Å². The molecule has 7 heteroatoms. The van der Waals surface area contributed by atoms with Crippen LogP contribution in [0.4, 0.5) is 11.4 Å². The summed E-state index contributed by atoms with van der Waals surface area (Å²) < 4.78 is 1.85. The molecule has 106 valence electrons. The van der Waals surface area contributed by atoms with Crippen molar-refractivity contribution in [2.24, 2.45) is 5.84 Å². The van der Waals surface area contributed by atoms with Crippen LogP contribution in [0.25, 0.3) is 0 Å². The summed E-state index contributed by atoms with van der Waals surface area (Å²) in [7, 11) is 0. The molecule has 20 heavy (non-hydrogen) atoms. The molecule has 1 heterocycles. The van der Waals surface area contributed by atoms with E-state index in [0.717, 1.165) is 22.5 Å². The molecule has 2 aromatic rings. The van der Waals surface area contributed by atoms with Crippen LogP contribution < -0.4 is 11.3 Å². The maximum atomic E-state index is 11.0. The second-order valence-corrected chi connectivity index (χ2v) is 4.71. The van der Waals surface area contributed by atoms with Crippen LogP contribution in [0.2, 0.25) is 0 Å². The molecule has 0 saturated heterocycles. The van der Waals surface area contributed by atoms with E-state index >= 15 is 0 Å². The van der Waals surface area contributed by atoms with Gasteiger partial charge < -0.3 is 5.43 Å². The van der Waals surface area contributed by atoms with Gasteiger partial charge in [0.25, 0.3) is 5.69 Å². The predicted octanol–water partition coefficient (Wildman–Crippen LogP) is 2.05. The molecule has 0 saturated carbocycles. The van der Waals surface area contributed by atoms with Gasteiger partial charge in [0.2, 0.25) is 0 Å². The molecule has 0 unspecified atom stereocenters. The summed E-state index contributed by atoms with van der Waals surface area (Å²) in [4.78, 5) is 10.5. The van der Waals surface area contributed by atoms with E-state index in [1.165, 1.54) is 6.07 Å². The second kappa shape index (κ2) is 5.30. The third-order valence-corrected chi connectivity index (χ3v) is 3.49. The van der Waals surface area contributed by atoms with Gasteiger partial charge in [-0.15, -0.1) is 0 Å². The van der Waals surface area contributed by atoms with E-state index < -0.39 is 4.92 Å². The molecule has 0 fully saturated rings. The predicted molar refractivity (Wildman–Crippen MR) is 76.4 cm³/mol. The quantitative estimate of drug-likeness (QED) is 0.505. The molecular weight excluding hydrogens is 258 g/mol. The van der Waals surface area contributed by atoms with Gasteiger partial charge in [0.05, 0.1) is 17.2 Å². The zero-order valence-electron chi connectivity index (χ0n) is 11.7. The first-order chi connectivity index (χ1) is 9.43. The number of anilines is 1. The first-order valence-electron chi connectivity index (χ1n) is 6.18. The molecule has 2 rings (SSSR count). The molecule has 7 nitrogen and oxygen atoms in total. The summed E-state index contributed by atoms with van der Waals surface area (Å²) >= 11 is 0. The molecule has 3 N–H and O–H groups in total. The van der Waals surface area contributed by atoms with Crippen molar-refractivity contribution >= 4 is 11.4 Å². The third kappa shape index (κ3) is 2.48. The average molecular weight is 275 g/mol. The Kier molecular flexibility index (Phi) is 3.71. The van der Waals surface area contributed by atoms with E-state index in [1.807, 2.05) is 25.5 Å². The summed E-state index contributed by atoms with van der Waals surface area (Å²) in [5, 5.41) is 15.4. The first-order valence-corrected chi connectivity index (χ1v) is 6.18. The molecule has 1 aromatic heterocycles. The number of nitrogens with zero attached hydrogens (tertiary/aromatic N) is 3. The molecule has 1 aromatic carbocycles. The summed E-state index contributed by atoms with van der Waals surface area (Å²) in [6.07, 6.45) is 0. The number of nitro groups is 1. The highest BCUT2D eigenvalue weighted by atomic mass is 16.6. The Labute approximate surface area is 116 Å². The van der Waals surface area contributed by atoms with Crippen molar-refractivity contribution < 1.29 is 4.92 Å². The first kappa shape index (κ1) is 14.0. The average Bonchev–Trinajstić information content (AvgIpc) is 2.66. The van der Waals surface area contributed by atoms with Gasteiger partial charge in [-0.05, 0) is 38.0 Å². The van der Waals surface area contributed by atoms with Crippen LogP contribution in [0.1, 0.15) is 22.5 Å². The standard InChI is InChI=1S/C13H17N5O2/c1-8-9(2)16-17(10(8)3)7-11-4-5-12(15-14)13(6-11)18(19)20/h4-6,15H,7,14H2,1-3H3. The lowest BCUT2D eigenvalue weighted by Crippen LogP contribution is -2.10. The van der Waals surface area contributed by atoms with Crippen LogP contribution in [0, 0.1) is 30.9 Å². The highest BCUT2D eigenvalue weighted by Gasteiger charge is 2.15. The summed E-state index contributed by atoms with van der Waals surface area (Å²) in [5.41, 5.74) is 6.56. The van der Waals surface area contributed by atoms with Crippen molar-refractivity contribution in [3.05, 3.63) is 50.8 Å². The van der Waals surface area contributed by atoms with E-state index in [2.05, 4.69) is 10.5 Å². The van der Waals surface area contributed by atoms with Gasteiger partial charge in [-0.3, -0.25) is 20.6 Å². The Morgan fingerprint density at radius 1 is 1.40 bits per heavy atom. The van der Waals surface area contributed by atoms with Crippen molar-refractivity contribution in [2.75, 3.05) is 5.43 Å². The minimum atomic E-state index is -0.453. The van der Waals surface area contributed by atoms with Gasteiger partial charge in [0, 0.05) is 11.8 Å². The van der Waals surface area contributed by atoms with Crippen LogP contribution in [-0.2, 0) is 6.54 Å². The van der Waals surface area contributed by atoms with Crippen LogP contribution in [-0.4, -0.2) is 14.7 Å². The number of hydrogen-bond acceptors (Lipinski definition) is 5. The number of aryl methyl sites for hydroxylation is 1. The van der Waals surface area contributed by atoms with E-state index in [9.17, 15) is 10.1 Å². The van der Waals surface area contributed by atoms with Crippen molar-refractivity contribution in [2.45, 2.75) is 27.3 Å². The Hall–Kier alpha value is -2.41.